The van der Waals surface area contributed by atoms with Gasteiger partial charge in [0.05, 0.1) is 24.3 Å². The van der Waals surface area contributed by atoms with Gasteiger partial charge < -0.3 is 9.47 Å². The summed E-state index contributed by atoms with van der Waals surface area (Å²) in [5.41, 5.74) is -0.234. The van der Waals surface area contributed by atoms with Crippen LogP contribution in [0.2, 0.25) is 0 Å². The second-order valence-corrected chi connectivity index (χ2v) is 6.81. The van der Waals surface area contributed by atoms with Gasteiger partial charge in [0.15, 0.2) is 0 Å². The number of esters is 1. The van der Waals surface area contributed by atoms with Crippen molar-refractivity contribution in [3.05, 3.63) is 54.3 Å². The minimum Gasteiger partial charge on any atom is -0.494 e. The Balaban J connectivity index is 2.47. The summed E-state index contributed by atoms with van der Waals surface area (Å²) in [4.78, 5) is 11.6. The first-order valence-electron chi connectivity index (χ1n) is 7.47. The van der Waals surface area contributed by atoms with Crippen LogP contribution in [0.15, 0.2) is 53.4 Å². The first-order chi connectivity index (χ1) is 11.9. The van der Waals surface area contributed by atoms with E-state index in [1.807, 2.05) is 0 Å². The van der Waals surface area contributed by atoms with E-state index in [1.165, 1.54) is 42.5 Å². The quantitative estimate of drug-likeness (QED) is 0.704. The van der Waals surface area contributed by atoms with Crippen LogP contribution in [0.4, 0.5) is 10.1 Å². The predicted molar refractivity (Wildman–Crippen MR) is 90.6 cm³/mol. The van der Waals surface area contributed by atoms with Crippen LogP contribution in [0, 0.1) is 5.82 Å². The second kappa shape index (κ2) is 7.98. The number of hydrogen-bond acceptors (Lipinski definition) is 5. The molecule has 0 fully saturated rings. The highest BCUT2D eigenvalue weighted by Crippen LogP contribution is 2.27. The van der Waals surface area contributed by atoms with Gasteiger partial charge in [-0.25, -0.2) is 12.8 Å². The van der Waals surface area contributed by atoms with Crippen molar-refractivity contribution < 1.29 is 27.1 Å². The van der Waals surface area contributed by atoms with Gasteiger partial charge in [0.1, 0.15) is 18.1 Å². The molecule has 0 aliphatic carbocycles. The van der Waals surface area contributed by atoms with Crippen molar-refractivity contribution in [1.29, 1.82) is 0 Å². The molecule has 0 aliphatic rings. The molecular weight excluding hydrogens is 349 g/mol. The molecular formula is C17H18FNO5S. The van der Waals surface area contributed by atoms with Gasteiger partial charge in [0, 0.05) is 0 Å². The van der Waals surface area contributed by atoms with Gasteiger partial charge in [0.2, 0.25) is 0 Å². The fourth-order valence-corrected chi connectivity index (χ4v) is 3.55. The number of benzene rings is 2. The summed E-state index contributed by atoms with van der Waals surface area (Å²) in [7, 11) is -3.05. The molecule has 0 saturated carbocycles. The fraction of sp³-hybridized carbons (Fsp3) is 0.235. The molecule has 0 amide bonds. The average molecular weight is 367 g/mol. The van der Waals surface area contributed by atoms with Crippen LogP contribution in [0.5, 0.6) is 5.75 Å². The molecule has 8 heteroatoms. The maximum atomic E-state index is 14.1. The molecule has 134 valence electrons. The summed E-state index contributed by atoms with van der Waals surface area (Å²) in [5.74, 6) is -1.06. The molecule has 6 nitrogen and oxygen atoms in total. The predicted octanol–water partition coefficient (Wildman–Crippen LogP) is 2.59. The van der Waals surface area contributed by atoms with E-state index in [-0.39, 0.29) is 10.6 Å². The van der Waals surface area contributed by atoms with Gasteiger partial charge in [-0.1, -0.05) is 12.1 Å². The molecule has 0 spiro atoms. The lowest BCUT2D eigenvalue weighted by Crippen LogP contribution is -2.36. The maximum absolute atomic E-state index is 14.1. The van der Waals surface area contributed by atoms with E-state index in [0.717, 1.165) is 13.2 Å². The van der Waals surface area contributed by atoms with E-state index >= 15 is 0 Å². The first kappa shape index (κ1) is 18.7. The van der Waals surface area contributed by atoms with Crippen molar-refractivity contribution in [2.75, 3.05) is 24.6 Å². The number of ether oxygens (including phenoxy) is 2. The highest BCUT2D eigenvalue weighted by molar-refractivity contribution is 7.92. The van der Waals surface area contributed by atoms with Crippen molar-refractivity contribution in [2.45, 2.75) is 11.8 Å². The Morgan fingerprint density at radius 2 is 1.76 bits per heavy atom. The molecule has 2 rings (SSSR count). The number of anilines is 1. The van der Waals surface area contributed by atoms with E-state index in [2.05, 4.69) is 4.74 Å². The molecule has 0 radical (unpaired) electrons. The Labute approximate surface area is 145 Å². The smallest absolute Gasteiger partial charge is 0.326 e. The molecule has 0 aromatic heterocycles. The number of halogens is 1. The third-order valence-corrected chi connectivity index (χ3v) is 5.12. The summed E-state index contributed by atoms with van der Waals surface area (Å²) < 4.78 is 50.5. The van der Waals surface area contributed by atoms with Crippen LogP contribution < -0.4 is 9.04 Å². The van der Waals surface area contributed by atoms with Crippen LogP contribution in [-0.2, 0) is 19.6 Å². The van der Waals surface area contributed by atoms with E-state index in [4.69, 9.17) is 4.74 Å². The summed E-state index contributed by atoms with van der Waals surface area (Å²) in [6, 6.07) is 11.0. The number of methoxy groups -OCH3 is 1. The number of nitrogens with zero attached hydrogens (tertiary/aromatic N) is 1. The highest BCUT2D eigenvalue weighted by atomic mass is 32.2. The van der Waals surface area contributed by atoms with E-state index in [0.29, 0.717) is 16.7 Å². The Bertz CT molecular complexity index is 836. The minimum absolute atomic E-state index is 0.0943. The van der Waals surface area contributed by atoms with Gasteiger partial charge in [0.25, 0.3) is 10.0 Å². The number of carbonyl (C=O) groups is 1. The van der Waals surface area contributed by atoms with Crippen LogP contribution in [0.1, 0.15) is 6.92 Å². The van der Waals surface area contributed by atoms with Crippen LogP contribution in [0.25, 0.3) is 0 Å². The molecule has 2 aromatic rings. The number of sulfonamides is 1. The fourth-order valence-electron chi connectivity index (χ4n) is 2.14. The van der Waals surface area contributed by atoms with E-state index in [1.54, 1.807) is 6.92 Å². The van der Waals surface area contributed by atoms with Crippen LogP contribution in [0.3, 0.4) is 0 Å². The summed E-state index contributed by atoms with van der Waals surface area (Å²) in [6.45, 7) is 1.60. The molecule has 2 aromatic carbocycles. The third kappa shape index (κ3) is 4.27. The number of para-hydroxylation sites is 1. The zero-order valence-corrected chi connectivity index (χ0v) is 14.6. The van der Waals surface area contributed by atoms with E-state index < -0.39 is 28.4 Å². The summed E-state index contributed by atoms with van der Waals surface area (Å²) >= 11 is 0. The number of hydrogen-bond donors (Lipinski definition) is 0. The Kier molecular flexibility index (Phi) is 5.97. The van der Waals surface area contributed by atoms with Gasteiger partial charge >= 0.3 is 5.97 Å². The SMILES string of the molecule is CCOc1ccc(S(=O)(=O)N(CC(=O)OC)c2ccccc2F)cc1. The van der Waals surface area contributed by atoms with Gasteiger partial charge in [-0.2, -0.15) is 0 Å². The molecule has 0 aliphatic heterocycles. The average Bonchev–Trinajstić information content (AvgIpc) is 2.61. The molecule has 0 N–H and O–H groups in total. The lowest BCUT2D eigenvalue weighted by atomic mass is 10.3. The molecule has 0 saturated heterocycles. The minimum atomic E-state index is -4.18. The number of rotatable bonds is 7. The van der Waals surface area contributed by atoms with Crippen LogP contribution >= 0.6 is 0 Å². The Morgan fingerprint density at radius 1 is 1.12 bits per heavy atom. The monoisotopic (exact) mass is 367 g/mol. The standard InChI is InChI=1S/C17H18FNO5S/c1-3-24-13-8-10-14(11-9-13)25(21,22)19(12-17(20)23-2)16-7-5-4-6-15(16)18/h4-11H,3,12H2,1-2H3. The molecule has 0 atom stereocenters. The lowest BCUT2D eigenvalue weighted by Gasteiger charge is -2.23. The largest absolute Gasteiger partial charge is 0.494 e. The zero-order chi connectivity index (χ0) is 18.4. The Morgan fingerprint density at radius 3 is 2.32 bits per heavy atom. The number of carbonyl (C=O) groups excluding carboxylic acids is 1. The molecule has 25 heavy (non-hydrogen) atoms. The topological polar surface area (TPSA) is 72.9 Å². The highest BCUT2D eigenvalue weighted by Gasteiger charge is 2.29. The van der Waals surface area contributed by atoms with Gasteiger partial charge in [-0.15, -0.1) is 0 Å². The maximum Gasteiger partial charge on any atom is 0.326 e. The molecule has 0 heterocycles. The lowest BCUT2D eigenvalue weighted by molar-refractivity contribution is -0.138. The molecule has 0 bridgehead atoms. The van der Waals surface area contributed by atoms with Crippen LogP contribution in [-0.4, -0.2) is 34.6 Å². The third-order valence-electron chi connectivity index (χ3n) is 3.34. The van der Waals surface area contributed by atoms with Gasteiger partial charge in [-0.05, 0) is 43.3 Å². The zero-order valence-electron chi connectivity index (χ0n) is 13.8. The summed E-state index contributed by atoms with van der Waals surface area (Å²) in [5, 5.41) is 0. The Hall–Kier alpha value is -2.61. The molecule has 0 unspecified atom stereocenters. The van der Waals surface area contributed by atoms with Crippen molar-refractivity contribution in [3.8, 4) is 5.75 Å². The van der Waals surface area contributed by atoms with Crippen molar-refractivity contribution in [2.24, 2.45) is 0 Å². The van der Waals surface area contributed by atoms with Crippen molar-refractivity contribution >= 4 is 21.7 Å². The normalized spacial score (nSPS) is 11.0. The second-order valence-electron chi connectivity index (χ2n) is 4.94. The van der Waals surface area contributed by atoms with Crippen molar-refractivity contribution in [3.63, 3.8) is 0 Å². The van der Waals surface area contributed by atoms with Gasteiger partial charge in [-0.3, -0.25) is 9.10 Å². The van der Waals surface area contributed by atoms with E-state index in [9.17, 15) is 17.6 Å². The summed E-state index contributed by atoms with van der Waals surface area (Å²) in [6.07, 6.45) is 0. The first-order valence-corrected chi connectivity index (χ1v) is 8.91. The van der Waals surface area contributed by atoms with Crippen molar-refractivity contribution in [1.82, 2.24) is 0 Å².